The Kier molecular flexibility index (Phi) is 1.72. The molecule has 0 aliphatic carbocycles. The third-order valence-corrected chi connectivity index (χ3v) is 0.939. The molecule has 0 radical (unpaired) electrons. The molecule has 0 N–H and O–H groups in total. The molecule has 5 heteroatoms. The zero-order valence-electron chi connectivity index (χ0n) is 5.01. The molecule has 0 spiro atoms. The molecule has 10 heavy (non-hydrogen) atoms. The lowest BCUT2D eigenvalue weighted by Crippen LogP contribution is -2.11. The first-order valence-corrected chi connectivity index (χ1v) is 2.57. The zero-order chi connectivity index (χ0) is 7.40. The van der Waals surface area contributed by atoms with Crippen molar-refractivity contribution < 1.29 is 0 Å². The van der Waals surface area contributed by atoms with Crippen LogP contribution in [0.1, 0.15) is 0 Å². The highest BCUT2D eigenvalue weighted by Gasteiger charge is 1.89. The van der Waals surface area contributed by atoms with E-state index in [0.29, 0.717) is 0 Å². The zero-order valence-corrected chi connectivity index (χ0v) is 5.01. The van der Waals surface area contributed by atoms with Crippen molar-refractivity contribution in [3.8, 4) is 0 Å². The van der Waals surface area contributed by atoms with Gasteiger partial charge in [0.1, 0.15) is 6.20 Å². The second-order valence-corrected chi connectivity index (χ2v) is 1.56. The number of aromatic nitrogens is 1. The van der Waals surface area contributed by atoms with Gasteiger partial charge < -0.3 is 0 Å². The van der Waals surface area contributed by atoms with E-state index in [1.807, 2.05) is 0 Å². The van der Waals surface area contributed by atoms with Crippen molar-refractivity contribution >= 4 is 0 Å². The molecule has 0 bridgehead atoms. The number of rotatable bonds is 1. The summed E-state index contributed by atoms with van der Waals surface area (Å²) >= 11 is 0. The van der Waals surface area contributed by atoms with E-state index in [1.165, 1.54) is 12.3 Å². The molecule has 0 atom stereocenters. The highest BCUT2D eigenvalue weighted by Crippen LogP contribution is 1.79. The second-order valence-electron chi connectivity index (χ2n) is 1.56. The maximum atomic E-state index is 10.7. The van der Waals surface area contributed by atoms with Gasteiger partial charge in [-0.1, -0.05) is 6.07 Å². The van der Waals surface area contributed by atoms with Crippen molar-refractivity contribution in [2.24, 2.45) is 5.22 Å². The number of hydrogen-bond donors (Lipinski definition) is 0. The summed E-state index contributed by atoms with van der Waals surface area (Å²) in [5.74, 6) is 0. The number of nitrogens with zero attached hydrogens (tertiary/aromatic N) is 4. The molecule has 1 heterocycles. The topological polar surface area (TPSA) is 70.8 Å². The maximum absolute atomic E-state index is 10.7. The third-order valence-electron chi connectivity index (χ3n) is 0.939. The molecule has 0 fully saturated rings. The number of pyridine rings is 1. The fraction of sp³-hybridized carbons (Fsp3) is 0. The Labute approximate surface area is 56.1 Å². The summed E-state index contributed by atoms with van der Waals surface area (Å²) in [7, 11) is 0. The molecular formula is C5H4N4O. The molecule has 1 aromatic heterocycles. The molecule has 1 aromatic rings. The average molecular weight is 136 g/mol. The van der Waals surface area contributed by atoms with Crippen LogP contribution in [0.5, 0.6) is 0 Å². The van der Waals surface area contributed by atoms with Gasteiger partial charge in [0.2, 0.25) is 0 Å². The van der Waals surface area contributed by atoms with Gasteiger partial charge in [-0.15, -0.1) is 5.53 Å². The highest BCUT2D eigenvalue weighted by atomic mass is 16.1. The molecule has 50 valence electrons. The Morgan fingerprint density at radius 3 is 3.00 bits per heavy atom. The van der Waals surface area contributed by atoms with Crippen LogP contribution in [-0.4, -0.2) is 4.68 Å². The molecule has 0 saturated heterocycles. The molecule has 0 saturated carbocycles. The first kappa shape index (κ1) is 6.38. The summed E-state index contributed by atoms with van der Waals surface area (Å²) in [6.45, 7) is 0. The quantitative estimate of drug-likeness (QED) is 0.321. The summed E-state index contributed by atoms with van der Waals surface area (Å²) in [5.41, 5.74) is 7.61. The van der Waals surface area contributed by atoms with Crippen LogP contribution < -0.4 is 5.56 Å². The molecule has 1 rings (SSSR count). The first-order chi connectivity index (χ1) is 4.84. The Bertz CT molecular complexity index is 322. The van der Waals surface area contributed by atoms with Crippen LogP contribution >= 0.6 is 0 Å². The largest absolute Gasteiger partial charge is 0.341 e. The third kappa shape index (κ3) is 1.15. The smallest absolute Gasteiger partial charge is 0.241 e. The van der Waals surface area contributed by atoms with Crippen LogP contribution in [0, 0.1) is 0 Å². The molecule has 0 aliphatic rings. The minimum atomic E-state index is -0.333. The van der Waals surface area contributed by atoms with Crippen molar-refractivity contribution in [3.05, 3.63) is 45.2 Å². The van der Waals surface area contributed by atoms with E-state index in [0.717, 1.165) is 4.68 Å². The highest BCUT2D eigenvalue weighted by molar-refractivity contribution is 4.92. The summed E-state index contributed by atoms with van der Waals surface area (Å²) in [5, 5.41) is 3.09. The summed E-state index contributed by atoms with van der Waals surface area (Å²) in [4.78, 5) is 13.2. The normalized spacial score (nSPS) is 8.40. The first-order valence-electron chi connectivity index (χ1n) is 2.57. The maximum Gasteiger partial charge on any atom is 0.341 e. The van der Waals surface area contributed by atoms with Crippen LogP contribution in [0.2, 0.25) is 0 Å². The predicted molar refractivity (Wildman–Crippen MR) is 35.2 cm³/mol. The fourth-order valence-electron chi connectivity index (χ4n) is 0.536. The molecule has 5 nitrogen and oxygen atoms in total. The molecular weight excluding hydrogens is 132 g/mol. The van der Waals surface area contributed by atoms with Crippen molar-refractivity contribution in [1.82, 2.24) is 4.68 Å². The number of azide groups is 1. The van der Waals surface area contributed by atoms with E-state index < -0.39 is 0 Å². The fourth-order valence-corrected chi connectivity index (χ4v) is 0.536. The molecule has 0 aliphatic heterocycles. The lowest BCUT2D eigenvalue weighted by atomic mass is 10.5. The molecule has 0 unspecified atom stereocenters. The van der Waals surface area contributed by atoms with Crippen LogP contribution in [-0.2, 0) is 0 Å². The van der Waals surface area contributed by atoms with Gasteiger partial charge in [-0.2, -0.15) is 9.59 Å². The summed E-state index contributed by atoms with van der Waals surface area (Å²) < 4.78 is 0.917. The standard InChI is InChI=1S/C5H4N4O/c6-7-8-9-4-2-1-3-5(9)10/h1-4H. The Balaban J connectivity index is 3.28. The van der Waals surface area contributed by atoms with Gasteiger partial charge in [-0.05, 0) is 11.3 Å². The van der Waals surface area contributed by atoms with Gasteiger partial charge in [-0.25, -0.2) is 4.79 Å². The van der Waals surface area contributed by atoms with Crippen molar-refractivity contribution in [2.45, 2.75) is 0 Å². The van der Waals surface area contributed by atoms with Gasteiger partial charge in [-0.3, -0.25) is 0 Å². The minimum absolute atomic E-state index is 0.333. The van der Waals surface area contributed by atoms with Crippen LogP contribution in [0.15, 0.2) is 34.4 Å². The summed E-state index contributed by atoms with van der Waals surface area (Å²) in [6, 6.07) is 4.50. The van der Waals surface area contributed by atoms with Crippen LogP contribution in [0.25, 0.3) is 10.4 Å². The van der Waals surface area contributed by atoms with E-state index in [2.05, 4.69) is 10.1 Å². The molecule has 0 aromatic carbocycles. The van der Waals surface area contributed by atoms with Crippen LogP contribution in [0.3, 0.4) is 0 Å². The lowest BCUT2D eigenvalue weighted by Gasteiger charge is -1.84. The van der Waals surface area contributed by atoms with Gasteiger partial charge >= 0.3 is 5.56 Å². The Morgan fingerprint density at radius 2 is 2.40 bits per heavy atom. The van der Waals surface area contributed by atoms with Crippen molar-refractivity contribution in [2.75, 3.05) is 0 Å². The molecule has 0 amide bonds. The monoisotopic (exact) mass is 136 g/mol. The van der Waals surface area contributed by atoms with Crippen LogP contribution in [0.4, 0.5) is 0 Å². The van der Waals surface area contributed by atoms with Crippen molar-refractivity contribution in [3.63, 3.8) is 0 Å². The lowest BCUT2D eigenvalue weighted by molar-refractivity contribution is 0.813. The van der Waals surface area contributed by atoms with E-state index in [-0.39, 0.29) is 5.56 Å². The van der Waals surface area contributed by atoms with Gasteiger partial charge in [0, 0.05) is 6.07 Å². The van der Waals surface area contributed by atoms with Gasteiger partial charge in [0.15, 0.2) is 0 Å². The van der Waals surface area contributed by atoms with E-state index in [9.17, 15) is 4.79 Å². The Hall–Kier alpha value is -1.74. The second kappa shape index (κ2) is 2.70. The van der Waals surface area contributed by atoms with Gasteiger partial charge in [0.05, 0.1) is 0 Å². The van der Waals surface area contributed by atoms with Gasteiger partial charge in [0.25, 0.3) is 0 Å². The van der Waals surface area contributed by atoms with Crippen molar-refractivity contribution in [1.29, 1.82) is 0 Å². The van der Waals surface area contributed by atoms with E-state index in [4.69, 9.17) is 5.53 Å². The average Bonchev–Trinajstić information content (AvgIpc) is 1.94. The SMILES string of the molecule is [N-]=[N+]=Nn1ccccc1=O. The van der Waals surface area contributed by atoms with E-state index >= 15 is 0 Å². The number of hydrogen-bond acceptors (Lipinski definition) is 2. The van der Waals surface area contributed by atoms with E-state index in [1.54, 1.807) is 12.1 Å². The minimum Gasteiger partial charge on any atom is -0.241 e. The predicted octanol–water partition coefficient (Wildman–Crippen LogP) is 0.922. The summed E-state index contributed by atoms with van der Waals surface area (Å²) in [6.07, 6.45) is 1.39. The Morgan fingerprint density at radius 1 is 1.60 bits per heavy atom.